The number of benzene rings is 2. The zero-order valence-electron chi connectivity index (χ0n) is 19.0. The number of fused-ring (bicyclic) bond motifs is 1. The van der Waals surface area contributed by atoms with Gasteiger partial charge >= 0.3 is 12.4 Å². The molecule has 0 bridgehead atoms. The van der Waals surface area contributed by atoms with Gasteiger partial charge in [-0.05, 0) is 66.1 Å². The Kier molecular flexibility index (Phi) is 6.64. The molecular weight excluding hydrogens is 500 g/mol. The van der Waals surface area contributed by atoms with Gasteiger partial charge in [-0.15, -0.1) is 0 Å². The van der Waals surface area contributed by atoms with Crippen LogP contribution in [-0.4, -0.2) is 15.9 Å². The number of aromatic amines is 1. The van der Waals surface area contributed by atoms with E-state index >= 15 is 0 Å². The number of rotatable bonds is 4. The maximum Gasteiger partial charge on any atom is 0.416 e. The number of nitrogens with zero attached hydrogens (tertiary/aromatic N) is 1. The Labute approximate surface area is 205 Å². The third-order valence-corrected chi connectivity index (χ3v) is 5.44. The Morgan fingerprint density at radius 3 is 2.22 bits per heavy atom. The molecule has 0 radical (unpaired) electrons. The molecule has 190 valence electrons. The van der Waals surface area contributed by atoms with Gasteiger partial charge in [-0.1, -0.05) is 18.2 Å². The summed E-state index contributed by atoms with van der Waals surface area (Å²) in [5.41, 5.74) is -1.47. The van der Waals surface area contributed by atoms with Crippen LogP contribution in [-0.2, 0) is 12.4 Å². The number of halogens is 6. The SMILES string of the molecule is Cc1ccc(C(=O)Nc2cc(C(F)(F)F)cc(C(F)(F)F)c2)cc1/C=C/c1cnc2[nH]c(=O)ccc2c1. The summed E-state index contributed by atoms with van der Waals surface area (Å²) in [6.07, 6.45) is -5.13. The monoisotopic (exact) mass is 517 g/mol. The summed E-state index contributed by atoms with van der Waals surface area (Å²) in [5, 5.41) is 2.83. The number of carbonyl (C=O) groups is 1. The predicted molar refractivity (Wildman–Crippen MR) is 127 cm³/mol. The van der Waals surface area contributed by atoms with Gasteiger partial charge in [0.2, 0.25) is 5.56 Å². The third kappa shape index (κ3) is 6.05. The largest absolute Gasteiger partial charge is 0.416 e. The van der Waals surface area contributed by atoms with E-state index in [1.165, 1.54) is 24.4 Å². The standard InChI is InChI=1S/C26H17F6N3O2/c1-14-2-4-18(9-16(14)5-3-15-8-17-6-7-22(36)35-23(17)33-13-15)24(37)34-21-11-19(25(27,28)29)10-20(12-21)26(30,31)32/h2-13H,1H3,(H,34,37)(H,33,35,36)/b5-3+. The Morgan fingerprint density at radius 1 is 0.892 bits per heavy atom. The van der Waals surface area contributed by atoms with Gasteiger partial charge in [-0.3, -0.25) is 9.59 Å². The van der Waals surface area contributed by atoms with Crippen LogP contribution >= 0.6 is 0 Å². The second kappa shape index (κ2) is 9.57. The number of anilines is 1. The molecule has 0 spiro atoms. The summed E-state index contributed by atoms with van der Waals surface area (Å²) >= 11 is 0. The Bertz CT molecular complexity index is 1550. The van der Waals surface area contributed by atoms with Crippen LogP contribution < -0.4 is 10.9 Å². The van der Waals surface area contributed by atoms with Gasteiger partial charge in [0.25, 0.3) is 5.91 Å². The lowest BCUT2D eigenvalue weighted by Crippen LogP contribution is -2.16. The lowest BCUT2D eigenvalue weighted by Gasteiger charge is -2.15. The normalized spacial score (nSPS) is 12.3. The molecule has 11 heteroatoms. The van der Waals surface area contributed by atoms with E-state index in [-0.39, 0.29) is 17.2 Å². The highest BCUT2D eigenvalue weighted by Crippen LogP contribution is 2.37. The van der Waals surface area contributed by atoms with Crippen molar-refractivity contribution in [1.82, 2.24) is 9.97 Å². The van der Waals surface area contributed by atoms with Crippen LogP contribution in [0.2, 0.25) is 0 Å². The van der Waals surface area contributed by atoms with Crippen molar-refractivity contribution in [2.45, 2.75) is 19.3 Å². The van der Waals surface area contributed by atoms with E-state index in [2.05, 4.69) is 15.3 Å². The van der Waals surface area contributed by atoms with Crippen molar-refractivity contribution < 1.29 is 31.1 Å². The third-order valence-electron chi connectivity index (χ3n) is 5.44. The molecule has 2 aromatic heterocycles. The topological polar surface area (TPSA) is 74.8 Å². The molecule has 0 unspecified atom stereocenters. The number of aryl methyl sites for hydroxylation is 1. The predicted octanol–water partition coefficient (Wildman–Crippen LogP) is 6.69. The summed E-state index contributed by atoms with van der Waals surface area (Å²) in [6.45, 7) is 1.77. The van der Waals surface area contributed by atoms with Crippen molar-refractivity contribution in [2.75, 3.05) is 5.32 Å². The van der Waals surface area contributed by atoms with Crippen molar-refractivity contribution in [3.63, 3.8) is 0 Å². The average molecular weight is 517 g/mol. The second-order valence-corrected chi connectivity index (χ2v) is 8.18. The van der Waals surface area contributed by atoms with E-state index in [1.54, 1.807) is 37.3 Å². The fourth-order valence-corrected chi connectivity index (χ4v) is 3.52. The van der Waals surface area contributed by atoms with Gasteiger partial charge in [0.05, 0.1) is 11.1 Å². The average Bonchev–Trinajstić information content (AvgIpc) is 2.82. The molecule has 0 aliphatic rings. The van der Waals surface area contributed by atoms with Crippen molar-refractivity contribution in [3.8, 4) is 0 Å². The first-order chi connectivity index (χ1) is 17.3. The highest BCUT2D eigenvalue weighted by molar-refractivity contribution is 6.05. The van der Waals surface area contributed by atoms with E-state index in [0.29, 0.717) is 34.3 Å². The summed E-state index contributed by atoms with van der Waals surface area (Å²) in [4.78, 5) is 30.9. The second-order valence-electron chi connectivity index (χ2n) is 8.18. The summed E-state index contributed by atoms with van der Waals surface area (Å²) < 4.78 is 78.7. The van der Waals surface area contributed by atoms with E-state index in [9.17, 15) is 35.9 Å². The van der Waals surface area contributed by atoms with Crippen molar-refractivity contribution in [1.29, 1.82) is 0 Å². The number of carbonyl (C=O) groups excluding carboxylic acids is 1. The minimum Gasteiger partial charge on any atom is -0.322 e. The van der Waals surface area contributed by atoms with E-state index in [0.717, 1.165) is 5.56 Å². The Morgan fingerprint density at radius 2 is 1.57 bits per heavy atom. The highest BCUT2D eigenvalue weighted by Gasteiger charge is 2.37. The van der Waals surface area contributed by atoms with Gasteiger partial charge in [-0.25, -0.2) is 4.98 Å². The van der Waals surface area contributed by atoms with Crippen molar-refractivity contribution >= 4 is 34.8 Å². The minimum absolute atomic E-state index is 0.0102. The molecule has 0 fully saturated rings. The van der Waals surface area contributed by atoms with Gasteiger partial charge in [-0.2, -0.15) is 26.3 Å². The number of H-pyrrole nitrogens is 1. The molecule has 4 rings (SSSR count). The smallest absolute Gasteiger partial charge is 0.322 e. The van der Waals surface area contributed by atoms with Crippen LogP contribution in [0.5, 0.6) is 0 Å². The molecule has 2 N–H and O–H groups in total. The van der Waals surface area contributed by atoms with Crippen LogP contribution in [0.25, 0.3) is 23.2 Å². The first-order valence-electron chi connectivity index (χ1n) is 10.7. The molecule has 0 aliphatic heterocycles. The Hall–Kier alpha value is -4.41. The van der Waals surface area contributed by atoms with Gasteiger partial charge < -0.3 is 10.3 Å². The molecule has 0 saturated heterocycles. The molecule has 2 heterocycles. The number of nitrogens with one attached hydrogen (secondary N) is 2. The van der Waals surface area contributed by atoms with Crippen LogP contribution in [0, 0.1) is 6.92 Å². The first-order valence-corrected chi connectivity index (χ1v) is 10.7. The van der Waals surface area contributed by atoms with Crippen LogP contribution in [0.1, 0.15) is 38.2 Å². The molecule has 0 saturated carbocycles. The number of hydrogen-bond acceptors (Lipinski definition) is 3. The van der Waals surface area contributed by atoms with Gasteiger partial charge in [0, 0.05) is 28.9 Å². The number of pyridine rings is 2. The molecule has 1 amide bonds. The molecule has 5 nitrogen and oxygen atoms in total. The van der Waals surface area contributed by atoms with E-state index in [1.807, 2.05) is 0 Å². The van der Waals surface area contributed by atoms with Crippen molar-refractivity contribution in [2.24, 2.45) is 0 Å². The number of alkyl halides is 6. The summed E-state index contributed by atoms with van der Waals surface area (Å²) in [6, 6.07) is 10.1. The fourth-order valence-electron chi connectivity index (χ4n) is 3.52. The van der Waals surface area contributed by atoms with Gasteiger partial charge in [0.15, 0.2) is 0 Å². The maximum atomic E-state index is 13.1. The van der Waals surface area contributed by atoms with E-state index in [4.69, 9.17) is 0 Å². The molecule has 0 aliphatic carbocycles. The zero-order chi connectivity index (χ0) is 27.0. The molecule has 2 aromatic carbocycles. The maximum absolute atomic E-state index is 13.1. The van der Waals surface area contributed by atoms with Crippen LogP contribution in [0.4, 0.5) is 32.0 Å². The Balaban J connectivity index is 1.60. The molecule has 4 aromatic rings. The first kappa shape index (κ1) is 25.7. The zero-order valence-corrected chi connectivity index (χ0v) is 19.0. The van der Waals surface area contributed by atoms with Gasteiger partial charge in [0.1, 0.15) is 5.65 Å². The lowest BCUT2D eigenvalue weighted by atomic mass is 10.0. The number of hydrogen-bond donors (Lipinski definition) is 2. The van der Waals surface area contributed by atoms with Crippen molar-refractivity contribution in [3.05, 3.63) is 105 Å². The quantitative estimate of drug-likeness (QED) is 0.296. The highest BCUT2D eigenvalue weighted by atomic mass is 19.4. The number of amides is 1. The molecule has 37 heavy (non-hydrogen) atoms. The fraction of sp³-hybridized carbons (Fsp3) is 0.115. The van der Waals surface area contributed by atoms with Crippen LogP contribution in [0.3, 0.4) is 0 Å². The lowest BCUT2D eigenvalue weighted by molar-refractivity contribution is -0.143. The van der Waals surface area contributed by atoms with Crippen LogP contribution in [0.15, 0.2) is 65.6 Å². The molecular formula is C26H17F6N3O2. The number of aromatic nitrogens is 2. The molecule has 0 atom stereocenters. The van der Waals surface area contributed by atoms with E-state index < -0.39 is 35.1 Å². The summed E-state index contributed by atoms with van der Waals surface area (Å²) in [5.74, 6) is -0.876. The summed E-state index contributed by atoms with van der Waals surface area (Å²) in [7, 11) is 0. The minimum atomic E-state index is -5.03.